The van der Waals surface area contributed by atoms with Crippen molar-refractivity contribution in [2.75, 3.05) is 31.1 Å². The molecule has 1 fully saturated rings. The molecule has 0 bridgehead atoms. The van der Waals surface area contributed by atoms with Crippen molar-refractivity contribution >= 4 is 38.1 Å². The van der Waals surface area contributed by atoms with Gasteiger partial charge in [0, 0.05) is 37.1 Å². The van der Waals surface area contributed by atoms with Gasteiger partial charge in [0.1, 0.15) is 11.6 Å². The zero-order chi connectivity index (χ0) is 23.8. The standard InChI is InChI=1S/C20H16ClF4N3O3S2/c21-16-6-1-13(11-17(16)22)18-12-32-19(26-18)27-7-9-28(10-8-27)33(29,30)15-4-2-14(3-5-15)31-20(23,24)25/h1-6,11-12H,7-10H2. The van der Waals surface area contributed by atoms with Gasteiger partial charge < -0.3 is 9.64 Å². The highest BCUT2D eigenvalue weighted by Crippen LogP contribution is 2.31. The number of thiazole rings is 1. The summed E-state index contributed by atoms with van der Waals surface area (Å²) in [4.78, 5) is 6.32. The minimum absolute atomic E-state index is 0.0223. The molecule has 1 saturated heterocycles. The van der Waals surface area contributed by atoms with Gasteiger partial charge in [-0.25, -0.2) is 17.8 Å². The Bertz CT molecular complexity index is 1240. The Balaban J connectivity index is 1.41. The van der Waals surface area contributed by atoms with E-state index in [0.29, 0.717) is 29.5 Å². The Morgan fingerprint density at radius 1 is 1.03 bits per heavy atom. The Labute approximate surface area is 196 Å². The van der Waals surface area contributed by atoms with Gasteiger partial charge in [0.15, 0.2) is 5.13 Å². The number of aromatic nitrogens is 1. The lowest BCUT2D eigenvalue weighted by Gasteiger charge is -2.33. The number of nitrogens with zero attached hydrogens (tertiary/aromatic N) is 3. The van der Waals surface area contributed by atoms with Crippen LogP contribution in [0.3, 0.4) is 0 Å². The van der Waals surface area contributed by atoms with Gasteiger partial charge in [-0.2, -0.15) is 4.31 Å². The van der Waals surface area contributed by atoms with E-state index >= 15 is 0 Å². The highest BCUT2D eigenvalue weighted by Gasteiger charge is 2.32. The van der Waals surface area contributed by atoms with Crippen molar-refractivity contribution in [2.45, 2.75) is 11.3 Å². The molecule has 33 heavy (non-hydrogen) atoms. The Morgan fingerprint density at radius 3 is 2.30 bits per heavy atom. The summed E-state index contributed by atoms with van der Waals surface area (Å²) in [6.45, 7) is 1.09. The van der Waals surface area contributed by atoms with Crippen LogP contribution in [0.4, 0.5) is 22.7 Å². The summed E-state index contributed by atoms with van der Waals surface area (Å²) in [5.74, 6) is -1.04. The van der Waals surface area contributed by atoms with Crippen LogP contribution in [0.1, 0.15) is 0 Å². The maximum atomic E-state index is 13.7. The van der Waals surface area contributed by atoms with Crippen LogP contribution in [-0.2, 0) is 10.0 Å². The van der Waals surface area contributed by atoms with Gasteiger partial charge in [0.05, 0.1) is 15.6 Å². The van der Waals surface area contributed by atoms with Gasteiger partial charge in [-0.05, 0) is 36.4 Å². The molecule has 0 saturated carbocycles. The monoisotopic (exact) mass is 521 g/mol. The second-order valence-corrected chi connectivity index (χ2v) is 10.2. The van der Waals surface area contributed by atoms with Crippen LogP contribution in [0.15, 0.2) is 52.7 Å². The van der Waals surface area contributed by atoms with Crippen LogP contribution in [0.25, 0.3) is 11.3 Å². The van der Waals surface area contributed by atoms with Crippen molar-refractivity contribution in [1.29, 1.82) is 0 Å². The number of benzene rings is 2. The number of halogens is 5. The average Bonchev–Trinajstić information content (AvgIpc) is 3.25. The average molecular weight is 522 g/mol. The minimum Gasteiger partial charge on any atom is -0.406 e. The molecule has 4 rings (SSSR count). The molecule has 2 heterocycles. The quantitative estimate of drug-likeness (QED) is 0.442. The van der Waals surface area contributed by atoms with E-state index in [-0.39, 0.29) is 23.0 Å². The van der Waals surface area contributed by atoms with Gasteiger partial charge in [-0.3, -0.25) is 0 Å². The summed E-state index contributed by atoms with van der Waals surface area (Å²) < 4.78 is 81.4. The predicted octanol–water partition coefficient (Wildman–Crippen LogP) is 5.01. The molecule has 0 atom stereocenters. The summed E-state index contributed by atoms with van der Waals surface area (Å²) in [7, 11) is -3.88. The van der Waals surface area contributed by atoms with Gasteiger partial charge in [0.25, 0.3) is 0 Å². The Kier molecular flexibility index (Phi) is 6.54. The molecular weight excluding hydrogens is 506 g/mol. The zero-order valence-electron chi connectivity index (χ0n) is 16.7. The van der Waals surface area contributed by atoms with Crippen LogP contribution < -0.4 is 9.64 Å². The van der Waals surface area contributed by atoms with E-state index < -0.39 is 28.0 Å². The topological polar surface area (TPSA) is 62.7 Å². The fourth-order valence-corrected chi connectivity index (χ4v) is 5.71. The molecule has 3 aromatic rings. The maximum absolute atomic E-state index is 13.7. The van der Waals surface area contributed by atoms with Crippen LogP contribution in [-0.4, -0.2) is 50.2 Å². The first-order valence-corrected chi connectivity index (χ1v) is 12.2. The Morgan fingerprint density at radius 2 is 1.70 bits per heavy atom. The van der Waals surface area contributed by atoms with Crippen LogP contribution >= 0.6 is 22.9 Å². The Hall–Kier alpha value is -2.41. The van der Waals surface area contributed by atoms with E-state index in [2.05, 4.69) is 9.72 Å². The summed E-state index contributed by atoms with van der Waals surface area (Å²) in [6, 6.07) is 8.52. The number of hydrogen-bond donors (Lipinski definition) is 0. The van der Waals surface area contributed by atoms with Gasteiger partial charge in [0.2, 0.25) is 10.0 Å². The summed E-state index contributed by atoms with van der Waals surface area (Å²) >= 11 is 7.07. The van der Waals surface area contributed by atoms with Crippen molar-refractivity contribution < 1.29 is 30.7 Å². The highest BCUT2D eigenvalue weighted by atomic mass is 35.5. The van der Waals surface area contributed by atoms with E-state index in [0.717, 1.165) is 24.3 Å². The molecule has 0 amide bonds. The third-order valence-electron chi connectivity index (χ3n) is 4.91. The molecular formula is C20H16ClF4N3O3S2. The fraction of sp³-hybridized carbons (Fsp3) is 0.250. The van der Waals surface area contributed by atoms with Crippen LogP contribution in [0.5, 0.6) is 5.75 Å². The number of sulfonamides is 1. The van der Waals surface area contributed by atoms with Crippen molar-refractivity contribution in [3.63, 3.8) is 0 Å². The van der Waals surface area contributed by atoms with E-state index in [1.165, 1.54) is 27.8 Å². The van der Waals surface area contributed by atoms with Gasteiger partial charge in [-0.15, -0.1) is 24.5 Å². The lowest BCUT2D eigenvalue weighted by molar-refractivity contribution is -0.274. The molecule has 2 aromatic carbocycles. The number of alkyl halides is 3. The van der Waals surface area contributed by atoms with E-state index in [1.807, 2.05) is 4.90 Å². The second-order valence-electron chi connectivity index (χ2n) is 7.05. The molecule has 6 nitrogen and oxygen atoms in total. The molecule has 176 valence electrons. The van der Waals surface area contributed by atoms with Crippen LogP contribution in [0, 0.1) is 5.82 Å². The third-order valence-corrected chi connectivity index (χ3v) is 8.03. The lowest BCUT2D eigenvalue weighted by Crippen LogP contribution is -2.48. The van der Waals surface area contributed by atoms with Gasteiger partial charge in [-0.1, -0.05) is 17.7 Å². The molecule has 1 aliphatic heterocycles. The lowest BCUT2D eigenvalue weighted by atomic mass is 10.2. The highest BCUT2D eigenvalue weighted by molar-refractivity contribution is 7.89. The zero-order valence-corrected chi connectivity index (χ0v) is 19.1. The number of anilines is 1. The normalized spacial score (nSPS) is 15.6. The van der Waals surface area contributed by atoms with Crippen molar-refractivity contribution in [3.05, 3.63) is 58.7 Å². The first-order valence-electron chi connectivity index (χ1n) is 9.55. The molecule has 1 aromatic heterocycles. The minimum atomic E-state index is -4.85. The first-order chi connectivity index (χ1) is 15.5. The predicted molar refractivity (Wildman–Crippen MR) is 117 cm³/mol. The summed E-state index contributed by atoms with van der Waals surface area (Å²) in [5, 5.41) is 2.48. The maximum Gasteiger partial charge on any atom is 0.573 e. The molecule has 0 radical (unpaired) electrons. The first kappa shape index (κ1) is 23.7. The molecule has 0 N–H and O–H groups in total. The third kappa shape index (κ3) is 5.40. The van der Waals surface area contributed by atoms with Gasteiger partial charge >= 0.3 is 6.36 Å². The molecule has 0 aliphatic carbocycles. The SMILES string of the molecule is O=S(=O)(c1ccc(OC(F)(F)F)cc1)N1CCN(c2nc(-c3ccc(Cl)c(F)c3)cs2)CC1. The largest absolute Gasteiger partial charge is 0.573 e. The molecule has 13 heteroatoms. The van der Waals surface area contributed by atoms with E-state index in [4.69, 9.17) is 11.6 Å². The number of piperazine rings is 1. The number of hydrogen-bond acceptors (Lipinski definition) is 6. The summed E-state index contributed by atoms with van der Waals surface area (Å²) in [5.41, 5.74) is 1.17. The summed E-state index contributed by atoms with van der Waals surface area (Å²) in [6.07, 6.45) is -4.85. The number of rotatable bonds is 5. The molecule has 0 unspecified atom stereocenters. The van der Waals surface area contributed by atoms with Crippen LogP contribution in [0.2, 0.25) is 5.02 Å². The van der Waals surface area contributed by atoms with Crippen molar-refractivity contribution in [3.8, 4) is 17.0 Å². The van der Waals surface area contributed by atoms with E-state index in [9.17, 15) is 26.0 Å². The van der Waals surface area contributed by atoms with E-state index in [1.54, 1.807) is 11.4 Å². The second kappa shape index (κ2) is 9.09. The number of ether oxygens (including phenoxy) is 1. The smallest absolute Gasteiger partial charge is 0.406 e. The van der Waals surface area contributed by atoms with Crippen molar-refractivity contribution in [1.82, 2.24) is 9.29 Å². The fourth-order valence-electron chi connectivity index (χ4n) is 3.28. The van der Waals surface area contributed by atoms with Crippen molar-refractivity contribution in [2.24, 2.45) is 0 Å². The molecule has 1 aliphatic rings. The molecule has 0 spiro atoms.